The predicted octanol–water partition coefficient (Wildman–Crippen LogP) is 2.51. The standard InChI is InChI=1S/C18H19ClN6O/c1-26-17-7-16(22-11-23-17)24-4-2-13-3-5-25(15(13)10-24)18-14(19)6-12(8-20)9-21-18/h6-7,9,11,13,15H,2-5,10H2,1H3. The zero-order valence-corrected chi connectivity index (χ0v) is 15.2. The van der Waals surface area contributed by atoms with Crippen LogP contribution < -0.4 is 14.5 Å². The first-order chi connectivity index (χ1) is 12.7. The van der Waals surface area contributed by atoms with Crippen LogP contribution in [-0.2, 0) is 0 Å². The molecule has 7 nitrogen and oxygen atoms in total. The Morgan fingerprint density at radius 1 is 1.23 bits per heavy atom. The Morgan fingerprint density at radius 3 is 2.85 bits per heavy atom. The van der Waals surface area contributed by atoms with Gasteiger partial charge in [0, 0.05) is 31.9 Å². The minimum absolute atomic E-state index is 0.322. The lowest BCUT2D eigenvalue weighted by molar-refractivity contribution is 0.383. The van der Waals surface area contributed by atoms with Crippen molar-refractivity contribution >= 4 is 23.2 Å². The molecule has 2 aliphatic rings. The molecule has 0 bridgehead atoms. The van der Waals surface area contributed by atoms with Gasteiger partial charge < -0.3 is 14.5 Å². The molecule has 8 heteroatoms. The Balaban J connectivity index is 1.58. The first-order valence-electron chi connectivity index (χ1n) is 8.63. The number of methoxy groups -OCH3 is 1. The van der Waals surface area contributed by atoms with E-state index in [1.807, 2.05) is 6.07 Å². The van der Waals surface area contributed by atoms with Crippen LogP contribution in [0.25, 0.3) is 0 Å². The topological polar surface area (TPSA) is 78.2 Å². The van der Waals surface area contributed by atoms with Gasteiger partial charge in [-0.2, -0.15) is 5.26 Å². The Morgan fingerprint density at radius 2 is 2.08 bits per heavy atom. The van der Waals surface area contributed by atoms with Crippen LogP contribution in [0.1, 0.15) is 18.4 Å². The number of nitrogens with zero attached hydrogens (tertiary/aromatic N) is 6. The van der Waals surface area contributed by atoms with E-state index in [0.29, 0.717) is 28.4 Å². The molecule has 134 valence electrons. The van der Waals surface area contributed by atoms with Crippen molar-refractivity contribution in [3.8, 4) is 11.9 Å². The average molecular weight is 371 g/mol. The van der Waals surface area contributed by atoms with Crippen molar-refractivity contribution in [1.82, 2.24) is 15.0 Å². The van der Waals surface area contributed by atoms with Crippen molar-refractivity contribution in [2.45, 2.75) is 18.9 Å². The van der Waals surface area contributed by atoms with Gasteiger partial charge in [-0.15, -0.1) is 0 Å². The molecule has 0 radical (unpaired) electrons. The molecular weight excluding hydrogens is 352 g/mol. The van der Waals surface area contributed by atoms with E-state index in [9.17, 15) is 0 Å². The monoisotopic (exact) mass is 370 g/mol. The van der Waals surface area contributed by atoms with Crippen LogP contribution in [0.2, 0.25) is 5.02 Å². The van der Waals surface area contributed by atoms with E-state index >= 15 is 0 Å². The third-order valence-corrected chi connectivity index (χ3v) is 5.52. The van der Waals surface area contributed by atoms with Crippen molar-refractivity contribution in [2.75, 3.05) is 36.5 Å². The number of hydrogen-bond donors (Lipinski definition) is 0. The predicted molar refractivity (Wildman–Crippen MR) is 98.6 cm³/mol. The first-order valence-corrected chi connectivity index (χ1v) is 9.00. The highest BCUT2D eigenvalue weighted by molar-refractivity contribution is 6.33. The van der Waals surface area contributed by atoms with Crippen molar-refractivity contribution in [3.63, 3.8) is 0 Å². The second-order valence-corrected chi connectivity index (χ2v) is 7.01. The van der Waals surface area contributed by atoms with Crippen molar-refractivity contribution in [2.24, 2.45) is 5.92 Å². The van der Waals surface area contributed by atoms with Crippen LogP contribution in [0.15, 0.2) is 24.7 Å². The number of piperidine rings is 1. The van der Waals surface area contributed by atoms with Gasteiger partial charge in [-0.3, -0.25) is 0 Å². The van der Waals surface area contributed by atoms with E-state index in [2.05, 4.69) is 30.8 Å². The highest BCUT2D eigenvalue weighted by atomic mass is 35.5. The smallest absolute Gasteiger partial charge is 0.218 e. The van der Waals surface area contributed by atoms with Gasteiger partial charge in [0.1, 0.15) is 24.0 Å². The Labute approximate surface area is 157 Å². The first kappa shape index (κ1) is 16.9. The molecule has 0 saturated carbocycles. The largest absolute Gasteiger partial charge is 0.481 e. The number of ether oxygens (including phenoxy) is 1. The molecule has 2 aliphatic heterocycles. The molecule has 0 aliphatic carbocycles. The molecule has 4 rings (SSSR count). The highest BCUT2D eigenvalue weighted by Crippen LogP contribution is 2.38. The van der Waals surface area contributed by atoms with E-state index in [1.165, 1.54) is 6.33 Å². The van der Waals surface area contributed by atoms with E-state index < -0.39 is 0 Å². The number of halogens is 1. The molecule has 2 unspecified atom stereocenters. The molecule has 0 amide bonds. The van der Waals surface area contributed by atoms with Gasteiger partial charge >= 0.3 is 0 Å². The number of anilines is 2. The molecule has 2 fully saturated rings. The molecule has 0 N–H and O–H groups in total. The van der Waals surface area contributed by atoms with Crippen molar-refractivity contribution in [1.29, 1.82) is 5.26 Å². The van der Waals surface area contributed by atoms with Crippen molar-refractivity contribution < 1.29 is 4.74 Å². The Kier molecular flexibility index (Phi) is 4.51. The number of pyridine rings is 1. The summed E-state index contributed by atoms with van der Waals surface area (Å²) >= 11 is 6.41. The molecular formula is C18H19ClN6O. The summed E-state index contributed by atoms with van der Waals surface area (Å²) in [5, 5.41) is 9.55. The lowest BCUT2D eigenvalue weighted by Gasteiger charge is -2.39. The zero-order chi connectivity index (χ0) is 18.1. The number of aromatic nitrogens is 3. The molecule has 4 heterocycles. The average Bonchev–Trinajstić information content (AvgIpc) is 3.11. The minimum Gasteiger partial charge on any atom is -0.481 e. The second-order valence-electron chi connectivity index (χ2n) is 6.60. The van der Waals surface area contributed by atoms with Gasteiger partial charge in [-0.1, -0.05) is 11.6 Å². The summed E-state index contributed by atoms with van der Waals surface area (Å²) in [7, 11) is 1.61. The summed E-state index contributed by atoms with van der Waals surface area (Å²) in [6.45, 7) is 2.74. The van der Waals surface area contributed by atoms with Crippen LogP contribution in [0, 0.1) is 17.2 Å². The molecule has 2 aromatic rings. The fourth-order valence-electron chi connectivity index (χ4n) is 3.93. The maximum Gasteiger partial charge on any atom is 0.218 e. The van der Waals surface area contributed by atoms with Gasteiger partial charge in [-0.05, 0) is 24.8 Å². The summed E-state index contributed by atoms with van der Waals surface area (Å²) in [5.74, 6) is 2.82. The lowest BCUT2D eigenvalue weighted by atomic mass is 9.92. The van der Waals surface area contributed by atoms with Gasteiger partial charge in [0.2, 0.25) is 5.88 Å². The number of rotatable bonds is 3. The highest BCUT2D eigenvalue weighted by Gasteiger charge is 2.40. The van der Waals surface area contributed by atoms with Crippen LogP contribution in [0.5, 0.6) is 5.88 Å². The van der Waals surface area contributed by atoms with E-state index in [0.717, 1.165) is 44.1 Å². The lowest BCUT2D eigenvalue weighted by Crippen LogP contribution is -2.49. The van der Waals surface area contributed by atoms with Gasteiger partial charge in [0.25, 0.3) is 0 Å². The van der Waals surface area contributed by atoms with Crippen LogP contribution in [-0.4, -0.2) is 47.7 Å². The van der Waals surface area contributed by atoms with Gasteiger partial charge in [0.05, 0.1) is 23.7 Å². The molecule has 2 atom stereocenters. The minimum atomic E-state index is 0.322. The Hall–Kier alpha value is -2.59. The van der Waals surface area contributed by atoms with Crippen LogP contribution >= 0.6 is 11.6 Å². The number of hydrogen-bond acceptors (Lipinski definition) is 7. The number of fused-ring (bicyclic) bond motifs is 1. The molecule has 26 heavy (non-hydrogen) atoms. The summed E-state index contributed by atoms with van der Waals surface area (Å²) in [6.07, 6.45) is 5.35. The molecule has 0 aromatic carbocycles. The molecule has 2 aromatic heterocycles. The molecule has 2 saturated heterocycles. The zero-order valence-electron chi connectivity index (χ0n) is 14.5. The van der Waals surface area contributed by atoms with Crippen LogP contribution in [0.3, 0.4) is 0 Å². The van der Waals surface area contributed by atoms with Crippen LogP contribution in [0.4, 0.5) is 11.6 Å². The molecule has 0 spiro atoms. The fourth-order valence-corrected chi connectivity index (χ4v) is 4.20. The van der Waals surface area contributed by atoms with Gasteiger partial charge in [-0.25, -0.2) is 15.0 Å². The Bertz CT molecular complexity index is 854. The third kappa shape index (κ3) is 3.01. The van der Waals surface area contributed by atoms with E-state index in [-0.39, 0.29) is 0 Å². The summed E-state index contributed by atoms with van der Waals surface area (Å²) in [5.41, 5.74) is 0.479. The van der Waals surface area contributed by atoms with Gasteiger partial charge in [0.15, 0.2) is 0 Å². The maximum atomic E-state index is 9.02. The SMILES string of the molecule is COc1cc(N2CCC3CCN(c4ncc(C#N)cc4Cl)C3C2)ncn1. The summed E-state index contributed by atoms with van der Waals surface area (Å²) in [6, 6.07) is 5.96. The maximum absolute atomic E-state index is 9.02. The quantitative estimate of drug-likeness (QED) is 0.821. The number of nitriles is 1. The van der Waals surface area contributed by atoms with E-state index in [1.54, 1.807) is 19.4 Å². The summed E-state index contributed by atoms with van der Waals surface area (Å²) < 4.78 is 5.22. The normalized spacial score (nSPS) is 22.0. The fraction of sp³-hybridized carbons (Fsp3) is 0.444. The summed E-state index contributed by atoms with van der Waals surface area (Å²) in [4.78, 5) is 17.5. The second kappa shape index (κ2) is 6.96. The van der Waals surface area contributed by atoms with Crippen molar-refractivity contribution in [3.05, 3.63) is 35.2 Å². The van der Waals surface area contributed by atoms with E-state index in [4.69, 9.17) is 21.6 Å². The third-order valence-electron chi connectivity index (χ3n) is 5.25.